The van der Waals surface area contributed by atoms with Crippen molar-refractivity contribution in [2.45, 2.75) is 25.1 Å². The molecule has 0 unspecified atom stereocenters. The zero-order valence-corrected chi connectivity index (χ0v) is 21.0. The number of hydrogen-bond acceptors (Lipinski definition) is 7. The summed E-state index contributed by atoms with van der Waals surface area (Å²) in [6, 6.07) is 17.2. The lowest BCUT2D eigenvalue weighted by atomic mass is 9.96. The Hall–Kier alpha value is -4.16. The maximum Gasteiger partial charge on any atom is 0.255 e. The van der Waals surface area contributed by atoms with Gasteiger partial charge in [0, 0.05) is 42.4 Å². The van der Waals surface area contributed by atoms with E-state index >= 15 is 0 Å². The molecule has 180 valence electrons. The quantitative estimate of drug-likeness (QED) is 0.412. The molecule has 2 N–H and O–H groups in total. The summed E-state index contributed by atoms with van der Waals surface area (Å²) in [4.78, 5) is 21.7. The Morgan fingerprint density at radius 3 is 2.78 bits per heavy atom. The summed E-state index contributed by atoms with van der Waals surface area (Å²) < 4.78 is 1.85. The van der Waals surface area contributed by atoms with Crippen molar-refractivity contribution in [1.29, 1.82) is 5.26 Å². The van der Waals surface area contributed by atoms with Crippen molar-refractivity contribution >= 4 is 29.2 Å². The summed E-state index contributed by atoms with van der Waals surface area (Å²) in [6.07, 6.45) is 3.43. The number of amides is 1. The lowest BCUT2D eigenvalue weighted by Crippen LogP contribution is -2.18. The van der Waals surface area contributed by atoms with E-state index in [9.17, 15) is 10.1 Å². The van der Waals surface area contributed by atoms with Crippen LogP contribution < -0.4 is 10.6 Å². The largest absolute Gasteiger partial charge is 0.367 e. The highest BCUT2D eigenvalue weighted by Gasteiger charge is 2.32. The number of carbonyl (C=O) groups is 1. The SMILES string of the molecule is Cc1ncccc1NC(=O)c1ccc([C@H]2SC[C@H](C)Nc3c2c(-c2ccccn2)nn3C)c(C#N)c1. The smallest absolute Gasteiger partial charge is 0.255 e. The van der Waals surface area contributed by atoms with Crippen LogP contribution in [-0.4, -0.2) is 37.5 Å². The van der Waals surface area contributed by atoms with Crippen molar-refractivity contribution in [3.8, 4) is 17.5 Å². The van der Waals surface area contributed by atoms with Gasteiger partial charge in [0.25, 0.3) is 5.91 Å². The van der Waals surface area contributed by atoms with Gasteiger partial charge in [0.05, 0.1) is 34.0 Å². The number of benzene rings is 1. The molecule has 36 heavy (non-hydrogen) atoms. The number of fused-ring (bicyclic) bond motifs is 1. The first-order chi connectivity index (χ1) is 17.5. The standard InChI is InChI=1S/C27H25N7OS/c1-16-15-36-25(23-24(22-7-4-5-11-30-22)33-34(3)26(23)31-16)20-10-9-18(13-19(20)14-28)27(35)32-21-8-6-12-29-17(21)2/h4-13,16,25,31H,15H2,1-3H3,(H,32,35)/t16-,25+/m0/s1. The topological polar surface area (TPSA) is 109 Å². The Bertz CT molecular complexity index is 1480. The van der Waals surface area contributed by atoms with E-state index in [0.29, 0.717) is 16.8 Å². The van der Waals surface area contributed by atoms with Crippen LogP contribution in [0.5, 0.6) is 0 Å². The summed E-state index contributed by atoms with van der Waals surface area (Å²) in [7, 11) is 1.91. The Balaban J connectivity index is 1.57. The molecule has 1 aliphatic rings. The Morgan fingerprint density at radius 1 is 1.19 bits per heavy atom. The van der Waals surface area contributed by atoms with Gasteiger partial charge in [-0.1, -0.05) is 12.1 Å². The van der Waals surface area contributed by atoms with Gasteiger partial charge in [0.2, 0.25) is 0 Å². The van der Waals surface area contributed by atoms with Crippen LogP contribution in [0.15, 0.2) is 60.9 Å². The number of carbonyl (C=O) groups excluding carboxylic acids is 1. The van der Waals surface area contributed by atoms with Gasteiger partial charge in [-0.2, -0.15) is 10.4 Å². The van der Waals surface area contributed by atoms with E-state index in [4.69, 9.17) is 5.10 Å². The minimum atomic E-state index is -0.283. The van der Waals surface area contributed by atoms with E-state index in [0.717, 1.165) is 39.8 Å². The van der Waals surface area contributed by atoms with Crippen LogP contribution in [0.2, 0.25) is 0 Å². The third kappa shape index (κ3) is 4.43. The summed E-state index contributed by atoms with van der Waals surface area (Å²) in [5.41, 5.74) is 5.64. The number of aromatic nitrogens is 4. The second kappa shape index (κ2) is 9.84. The molecule has 2 atom stereocenters. The van der Waals surface area contributed by atoms with Crippen molar-refractivity contribution < 1.29 is 4.79 Å². The second-order valence-electron chi connectivity index (χ2n) is 8.71. The molecule has 1 amide bonds. The zero-order valence-electron chi connectivity index (χ0n) is 20.2. The molecule has 4 aromatic rings. The van der Waals surface area contributed by atoms with Gasteiger partial charge in [-0.15, -0.1) is 11.8 Å². The molecule has 0 aliphatic carbocycles. The highest BCUT2D eigenvalue weighted by molar-refractivity contribution is 7.99. The van der Waals surface area contributed by atoms with Crippen molar-refractivity contribution in [1.82, 2.24) is 19.7 Å². The molecule has 8 nitrogen and oxygen atoms in total. The minimum Gasteiger partial charge on any atom is -0.367 e. The van der Waals surface area contributed by atoms with Gasteiger partial charge in [-0.3, -0.25) is 19.4 Å². The molecule has 1 aliphatic heterocycles. The minimum absolute atomic E-state index is 0.157. The fourth-order valence-corrected chi connectivity index (χ4v) is 5.67. The molecule has 1 aromatic carbocycles. The highest BCUT2D eigenvalue weighted by Crippen LogP contribution is 2.47. The number of thioether (sulfide) groups is 1. The maximum atomic E-state index is 13.0. The summed E-state index contributed by atoms with van der Waals surface area (Å²) in [6.45, 7) is 3.97. The van der Waals surface area contributed by atoms with Crippen LogP contribution in [0.25, 0.3) is 11.4 Å². The molecule has 0 bridgehead atoms. The fourth-order valence-electron chi connectivity index (χ4n) is 4.33. The molecular weight excluding hydrogens is 470 g/mol. The van der Waals surface area contributed by atoms with E-state index in [1.807, 2.05) is 42.9 Å². The molecular formula is C27H25N7OS. The summed E-state index contributed by atoms with van der Waals surface area (Å²) in [5, 5.41) is 21.2. The van der Waals surface area contributed by atoms with Gasteiger partial charge >= 0.3 is 0 Å². The van der Waals surface area contributed by atoms with Crippen molar-refractivity contribution in [3.63, 3.8) is 0 Å². The van der Waals surface area contributed by atoms with E-state index in [-0.39, 0.29) is 17.2 Å². The first kappa shape index (κ1) is 23.6. The average Bonchev–Trinajstić information content (AvgIpc) is 3.10. The third-order valence-electron chi connectivity index (χ3n) is 6.12. The van der Waals surface area contributed by atoms with Crippen LogP contribution in [0.1, 0.15) is 44.9 Å². The predicted molar refractivity (Wildman–Crippen MR) is 142 cm³/mol. The molecule has 4 heterocycles. The van der Waals surface area contributed by atoms with Gasteiger partial charge in [0.15, 0.2) is 0 Å². The Kier molecular flexibility index (Phi) is 6.44. The molecule has 0 spiro atoms. The summed E-state index contributed by atoms with van der Waals surface area (Å²) in [5.74, 6) is 1.47. The molecule has 0 saturated heterocycles. The van der Waals surface area contributed by atoms with Crippen molar-refractivity contribution in [3.05, 3.63) is 88.9 Å². The zero-order chi connectivity index (χ0) is 25.2. The first-order valence-electron chi connectivity index (χ1n) is 11.6. The summed E-state index contributed by atoms with van der Waals surface area (Å²) >= 11 is 1.75. The van der Waals surface area contributed by atoms with Gasteiger partial charge < -0.3 is 10.6 Å². The third-order valence-corrected chi connectivity index (χ3v) is 7.64. The molecule has 0 fully saturated rings. The highest BCUT2D eigenvalue weighted by atomic mass is 32.2. The van der Waals surface area contributed by atoms with Crippen LogP contribution in [-0.2, 0) is 7.05 Å². The number of nitrogens with zero attached hydrogens (tertiary/aromatic N) is 5. The van der Waals surface area contributed by atoms with E-state index < -0.39 is 0 Å². The molecule has 0 saturated carbocycles. The van der Waals surface area contributed by atoms with E-state index in [2.05, 4.69) is 33.6 Å². The fraction of sp³-hybridized carbons (Fsp3) is 0.222. The normalized spacial score (nSPS) is 16.8. The van der Waals surface area contributed by atoms with Crippen molar-refractivity contribution in [2.75, 3.05) is 16.4 Å². The van der Waals surface area contributed by atoms with E-state index in [1.54, 1.807) is 48.4 Å². The second-order valence-corrected chi connectivity index (χ2v) is 9.85. The number of nitrogens with one attached hydrogen (secondary N) is 2. The van der Waals surface area contributed by atoms with E-state index in [1.165, 1.54) is 0 Å². The van der Waals surface area contributed by atoms with Crippen LogP contribution in [0.3, 0.4) is 0 Å². The lowest BCUT2D eigenvalue weighted by Gasteiger charge is -2.18. The Labute approximate surface area is 213 Å². The number of aryl methyl sites for hydroxylation is 2. The lowest BCUT2D eigenvalue weighted by molar-refractivity contribution is 0.102. The van der Waals surface area contributed by atoms with Crippen LogP contribution in [0, 0.1) is 18.3 Å². The van der Waals surface area contributed by atoms with Crippen LogP contribution >= 0.6 is 11.8 Å². The van der Waals surface area contributed by atoms with Crippen molar-refractivity contribution in [2.24, 2.45) is 7.05 Å². The monoisotopic (exact) mass is 495 g/mol. The molecule has 5 rings (SSSR count). The average molecular weight is 496 g/mol. The number of anilines is 2. The van der Waals surface area contributed by atoms with Crippen LogP contribution in [0.4, 0.5) is 11.5 Å². The van der Waals surface area contributed by atoms with Gasteiger partial charge in [0.1, 0.15) is 11.5 Å². The predicted octanol–water partition coefficient (Wildman–Crippen LogP) is 4.95. The molecule has 9 heteroatoms. The van der Waals surface area contributed by atoms with Gasteiger partial charge in [-0.25, -0.2) is 0 Å². The first-order valence-corrected chi connectivity index (χ1v) is 12.6. The molecule has 0 radical (unpaired) electrons. The number of hydrogen-bond donors (Lipinski definition) is 2. The number of rotatable bonds is 4. The number of nitriles is 1. The van der Waals surface area contributed by atoms with Gasteiger partial charge in [-0.05, 0) is 55.8 Å². The number of pyridine rings is 2. The maximum absolute atomic E-state index is 13.0. The molecule has 3 aromatic heterocycles. The Morgan fingerprint density at radius 2 is 2.03 bits per heavy atom.